The SMILES string of the molecule is CC1CC(C)CN(CCCNC(=O)N2CCCC(CO)C2)C1. The summed E-state index contributed by atoms with van der Waals surface area (Å²) >= 11 is 0. The van der Waals surface area contributed by atoms with Crippen molar-refractivity contribution in [2.75, 3.05) is 45.9 Å². The van der Waals surface area contributed by atoms with Crippen LogP contribution in [0.3, 0.4) is 0 Å². The van der Waals surface area contributed by atoms with E-state index in [1.807, 2.05) is 4.90 Å². The highest BCUT2D eigenvalue weighted by molar-refractivity contribution is 5.74. The van der Waals surface area contributed by atoms with E-state index in [-0.39, 0.29) is 18.6 Å². The summed E-state index contributed by atoms with van der Waals surface area (Å²) in [6.45, 7) is 10.6. The molecule has 5 nitrogen and oxygen atoms in total. The molecule has 0 spiro atoms. The van der Waals surface area contributed by atoms with Crippen LogP contribution < -0.4 is 5.32 Å². The van der Waals surface area contributed by atoms with E-state index < -0.39 is 0 Å². The summed E-state index contributed by atoms with van der Waals surface area (Å²) in [5, 5.41) is 12.3. The number of urea groups is 1. The summed E-state index contributed by atoms with van der Waals surface area (Å²) in [6, 6.07) is 0.0403. The third kappa shape index (κ3) is 5.43. The van der Waals surface area contributed by atoms with Gasteiger partial charge in [-0.2, -0.15) is 0 Å². The number of aliphatic hydroxyl groups excluding tert-OH is 1. The Hall–Kier alpha value is -0.810. The molecule has 2 fully saturated rings. The Labute approximate surface area is 135 Å². The van der Waals surface area contributed by atoms with Crippen LogP contribution in [0.1, 0.15) is 39.5 Å². The van der Waals surface area contributed by atoms with Crippen LogP contribution in [0.25, 0.3) is 0 Å². The van der Waals surface area contributed by atoms with Gasteiger partial charge in [0, 0.05) is 39.3 Å². The predicted octanol–water partition coefficient (Wildman–Crippen LogP) is 1.77. The van der Waals surface area contributed by atoms with E-state index in [1.54, 1.807) is 0 Å². The molecule has 2 aliphatic rings. The van der Waals surface area contributed by atoms with Gasteiger partial charge in [-0.3, -0.25) is 0 Å². The van der Waals surface area contributed by atoms with Gasteiger partial charge in [0.2, 0.25) is 0 Å². The maximum atomic E-state index is 12.1. The fraction of sp³-hybridized carbons (Fsp3) is 0.941. The maximum Gasteiger partial charge on any atom is 0.317 e. The second-order valence-electron chi connectivity index (χ2n) is 7.43. The zero-order chi connectivity index (χ0) is 15.9. The molecular formula is C17H33N3O2. The molecule has 0 bridgehead atoms. The van der Waals surface area contributed by atoms with Crippen LogP contribution in [-0.4, -0.2) is 66.8 Å². The Kier molecular flexibility index (Phi) is 6.96. The number of hydrogen-bond acceptors (Lipinski definition) is 3. The van der Waals surface area contributed by atoms with Crippen molar-refractivity contribution in [3.8, 4) is 0 Å². The van der Waals surface area contributed by atoms with Crippen molar-refractivity contribution in [3.05, 3.63) is 0 Å². The molecule has 0 saturated carbocycles. The molecule has 2 heterocycles. The van der Waals surface area contributed by atoms with Crippen LogP contribution in [0.4, 0.5) is 4.79 Å². The van der Waals surface area contributed by atoms with Crippen LogP contribution in [0.5, 0.6) is 0 Å². The van der Waals surface area contributed by atoms with Gasteiger partial charge >= 0.3 is 6.03 Å². The van der Waals surface area contributed by atoms with Crippen molar-refractivity contribution < 1.29 is 9.90 Å². The number of nitrogens with zero attached hydrogens (tertiary/aromatic N) is 2. The summed E-state index contributed by atoms with van der Waals surface area (Å²) in [6.07, 6.45) is 4.39. The number of likely N-dealkylation sites (tertiary alicyclic amines) is 2. The molecule has 0 aliphatic carbocycles. The summed E-state index contributed by atoms with van der Waals surface area (Å²) in [4.78, 5) is 16.5. The molecule has 0 aromatic rings. The van der Waals surface area contributed by atoms with Gasteiger partial charge in [0.15, 0.2) is 0 Å². The average Bonchev–Trinajstić information content (AvgIpc) is 2.50. The average molecular weight is 311 g/mol. The molecule has 128 valence electrons. The van der Waals surface area contributed by atoms with Gasteiger partial charge in [-0.1, -0.05) is 13.8 Å². The fourth-order valence-corrected chi connectivity index (χ4v) is 3.98. The first-order valence-corrected chi connectivity index (χ1v) is 8.94. The van der Waals surface area contributed by atoms with E-state index in [0.29, 0.717) is 6.54 Å². The van der Waals surface area contributed by atoms with Crippen molar-refractivity contribution in [2.45, 2.75) is 39.5 Å². The molecule has 2 rings (SSSR count). The Balaban J connectivity index is 1.60. The quantitative estimate of drug-likeness (QED) is 0.761. The molecule has 22 heavy (non-hydrogen) atoms. The minimum absolute atomic E-state index is 0.0403. The Morgan fingerprint density at radius 3 is 2.64 bits per heavy atom. The number of nitrogens with one attached hydrogen (secondary N) is 1. The summed E-state index contributed by atoms with van der Waals surface area (Å²) in [7, 11) is 0. The first-order chi connectivity index (χ1) is 10.6. The largest absolute Gasteiger partial charge is 0.396 e. The number of carbonyl (C=O) groups is 1. The van der Waals surface area contributed by atoms with E-state index in [0.717, 1.165) is 50.7 Å². The van der Waals surface area contributed by atoms with E-state index in [2.05, 4.69) is 24.1 Å². The number of hydrogen-bond donors (Lipinski definition) is 2. The molecule has 2 aliphatic heterocycles. The molecule has 5 heteroatoms. The predicted molar refractivity (Wildman–Crippen MR) is 88.8 cm³/mol. The Morgan fingerprint density at radius 1 is 1.23 bits per heavy atom. The van der Waals surface area contributed by atoms with Crippen LogP contribution in [-0.2, 0) is 0 Å². The van der Waals surface area contributed by atoms with E-state index in [4.69, 9.17) is 0 Å². The van der Waals surface area contributed by atoms with Gasteiger partial charge in [0.05, 0.1) is 0 Å². The Bertz CT molecular complexity index is 341. The van der Waals surface area contributed by atoms with Crippen LogP contribution in [0.2, 0.25) is 0 Å². The van der Waals surface area contributed by atoms with Crippen LogP contribution >= 0.6 is 0 Å². The first-order valence-electron chi connectivity index (χ1n) is 8.94. The summed E-state index contributed by atoms with van der Waals surface area (Å²) in [5.41, 5.74) is 0. The molecule has 3 unspecified atom stereocenters. The van der Waals surface area contributed by atoms with Crippen molar-refractivity contribution in [2.24, 2.45) is 17.8 Å². The Morgan fingerprint density at radius 2 is 1.95 bits per heavy atom. The first kappa shape index (κ1) is 17.5. The maximum absolute atomic E-state index is 12.1. The van der Waals surface area contributed by atoms with E-state index >= 15 is 0 Å². The molecule has 0 radical (unpaired) electrons. The monoisotopic (exact) mass is 311 g/mol. The second-order valence-corrected chi connectivity index (χ2v) is 7.43. The number of aliphatic hydroxyl groups is 1. The number of amides is 2. The summed E-state index contributed by atoms with van der Waals surface area (Å²) in [5.74, 6) is 1.85. The van der Waals surface area contributed by atoms with Gasteiger partial charge < -0.3 is 20.2 Å². The highest BCUT2D eigenvalue weighted by atomic mass is 16.3. The van der Waals surface area contributed by atoms with Gasteiger partial charge in [-0.05, 0) is 50.0 Å². The van der Waals surface area contributed by atoms with E-state index in [9.17, 15) is 9.90 Å². The zero-order valence-electron chi connectivity index (χ0n) is 14.3. The summed E-state index contributed by atoms with van der Waals surface area (Å²) < 4.78 is 0. The van der Waals surface area contributed by atoms with Crippen molar-refractivity contribution >= 4 is 6.03 Å². The molecule has 0 aromatic heterocycles. The number of piperidine rings is 2. The minimum atomic E-state index is 0.0403. The fourth-order valence-electron chi connectivity index (χ4n) is 3.98. The highest BCUT2D eigenvalue weighted by Gasteiger charge is 2.23. The van der Waals surface area contributed by atoms with Crippen LogP contribution in [0, 0.1) is 17.8 Å². The smallest absolute Gasteiger partial charge is 0.317 e. The lowest BCUT2D eigenvalue weighted by Gasteiger charge is -2.35. The lowest BCUT2D eigenvalue weighted by Crippen LogP contribution is -2.47. The number of carbonyl (C=O) groups excluding carboxylic acids is 1. The molecular weight excluding hydrogens is 278 g/mol. The molecule has 2 amide bonds. The van der Waals surface area contributed by atoms with Crippen molar-refractivity contribution in [3.63, 3.8) is 0 Å². The topological polar surface area (TPSA) is 55.8 Å². The van der Waals surface area contributed by atoms with Gasteiger partial charge in [0.25, 0.3) is 0 Å². The van der Waals surface area contributed by atoms with Gasteiger partial charge in [-0.15, -0.1) is 0 Å². The van der Waals surface area contributed by atoms with E-state index in [1.165, 1.54) is 19.5 Å². The number of rotatable bonds is 5. The van der Waals surface area contributed by atoms with Gasteiger partial charge in [-0.25, -0.2) is 4.79 Å². The highest BCUT2D eigenvalue weighted by Crippen LogP contribution is 2.20. The lowest BCUT2D eigenvalue weighted by atomic mass is 9.92. The van der Waals surface area contributed by atoms with Crippen molar-refractivity contribution in [1.82, 2.24) is 15.1 Å². The normalized spacial score (nSPS) is 30.3. The zero-order valence-corrected chi connectivity index (χ0v) is 14.3. The minimum Gasteiger partial charge on any atom is -0.396 e. The third-order valence-corrected chi connectivity index (χ3v) is 4.94. The third-order valence-electron chi connectivity index (χ3n) is 4.94. The second kappa shape index (κ2) is 8.73. The standard InChI is InChI=1S/C17H33N3O2/c1-14-9-15(2)11-19(10-14)7-4-6-18-17(22)20-8-3-5-16(12-20)13-21/h14-16,21H,3-13H2,1-2H3,(H,18,22). The molecule has 0 aromatic carbocycles. The molecule has 2 saturated heterocycles. The molecule has 2 N–H and O–H groups in total. The lowest BCUT2D eigenvalue weighted by molar-refractivity contribution is 0.127. The van der Waals surface area contributed by atoms with Crippen molar-refractivity contribution in [1.29, 1.82) is 0 Å². The van der Waals surface area contributed by atoms with Gasteiger partial charge in [0.1, 0.15) is 0 Å². The van der Waals surface area contributed by atoms with Crippen LogP contribution in [0.15, 0.2) is 0 Å². The molecule has 3 atom stereocenters.